The predicted molar refractivity (Wildman–Crippen MR) is 100 cm³/mol. The van der Waals surface area contributed by atoms with Gasteiger partial charge in [-0.1, -0.05) is 79.2 Å². The zero-order valence-electron chi connectivity index (χ0n) is 16.2. The second-order valence-electron chi connectivity index (χ2n) is 7.12. The molecule has 22 heavy (non-hydrogen) atoms. The summed E-state index contributed by atoms with van der Waals surface area (Å²) in [7, 11) is 0. The molecule has 132 valence electrons. The molecule has 0 rings (SSSR count). The highest BCUT2D eigenvalue weighted by molar-refractivity contribution is 4.90. The van der Waals surface area contributed by atoms with E-state index < -0.39 is 0 Å². The van der Waals surface area contributed by atoms with Crippen molar-refractivity contribution < 1.29 is 4.74 Å². The van der Waals surface area contributed by atoms with Gasteiger partial charge < -0.3 is 4.74 Å². The van der Waals surface area contributed by atoms with Crippen molar-refractivity contribution in [2.24, 2.45) is 5.41 Å². The molecular weight excluding hydrogens is 268 g/mol. The van der Waals surface area contributed by atoms with E-state index in [9.17, 15) is 0 Å². The standard InChI is InChI=1S/C21H42O/c1-7-11-12-13-14-15-20(22-19(5)6)21(16-8-2,17-9-3)18-10-4/h20H,5,7-18H2,1-4,6H3. The molecule has 0 bridgehead atoms. The fourth-order valence-corrected chi connectivity index (χ4v) is 4.02. The Balaban J connectivity index is 4.89. The van der Waals surface area contributed by atoms with Crippen LogP contribution in [0.4, 0.5) is 0 Å². The van der Waals surface area contributed by atoms with Crippen LogP contribution in [0, 0.1) is 5.41 Å². The molecular formula is C21H42O. The van der Waals surface area contributed by atoms with Crippen LogP contribution in [0.3, 0.4) is 0 Å². The third-order valence-electron chi connectivity index (χ3n) is 4.84. The first kappa shape index (κ1) is 21.5. The van der Waals surface area contributed by atoms with Gasteiger partial charge in [-0.05, 0) is 39.0 Å². The highest BCUT2D eigenvalue weighted by Crippen LogP contribution is 2.42. The van der Waals surface area contributed by atoms with Gasteiger partial charge in [0.1, 0.15) is 6.10 Å². The van der Waals surface area contributed by atoms with E-state index >= 15 is 0 Å². The van der Waals surface area contributed by atoms with Gasteiger partial charge in [-0.3, -0.25) is 0 Å². The molecule has 0 aliphatic carbocycles. The number of hydrogen-bond acceptors (Lipinski definition) is 1. The van der Waals surface area contributed by atoms with E-state index in [4.69, 9.17) is 4.74 Å². The highest BCUT2D eigenvalue weighted by atomic mass is 16.5. The molecule has 0 amide bonds. The van der Waals surface area contributed by atoms with Crippen LogP contribution < -0.4 is 0 Å². The van der Waals surface area contributed by atoms with Gasteiger partial charge in [0.25, 0.3) is 0 Å². The first-order valence-electron chi connectivity index (χ1n) is 9.88. The Morgan fingerprint density at radius 2 is 1.32 bits per heavy atom. The summed E-state index contributed by atoms with van der Waals surface area (Å²) >= 11 is 0. The second kappa shape index (κ2) is 13.0. The number of allylic oxidation sites excluding steroid dienone is 1. The highest BCUT2D eigenvalue weighted by Gasteiger charge is 2.37. The average Bonchev–Trinajstić information content (AvgIpc) is 2.46. The fraction of sp³-hybridized carbons (Fsp3) is 0.905. The molecule has 1 heteroatoms. The van der Waals surface area contributed by atoms with Crippen molar-refractivity contribution >= 4 is 0 Å². The number of ether oxygens (including phenoxy) is 1. The molecule has 0 saturated heterocycles. The fourth-order valence-electron chi connectivity index (χ4n) is 4.02. The Kier molecular flexibility index (Phi) is 12.8. The summed E-state index contributed by atoms with van der Waals surface area (Å²) in [5.74, 6) is 0.895. The maximum Gasteiger partial charge on any atom is 0.104 e. The van der Waals surface area contributed by atoms with Crippen LogP contribution >= 0.6 is 0 Å². The first-order chi connectivity index (χ1) is 10.6. The normalized spacial score (nSPS) is 13.1. The lowest BCUT2D eigenvalue weighted by Crippen LogP contribution is -2.37. The van der Waals surface area contributed by atoms with E-state index in [0.717, 1.165) is 5.76 Å². The van der Waals surface area contributed by atoms with Crippen molar-refractivity contribution in [1.29, 1.82) is 0 Å². The van der Waals surface area contributed by atoms with Gasteiger partial charge in [0.2, 0.25) is 0 Å². The van der Waals surface area contributed by atoms with E-state index in [1.54, 1.807) is 0 Å². The van der Waals surface area contributed by atoms with Crippen molar-refractivity contribution in [3.8, 4) is 0 Å². The van der Waals surface area contributed by atoms with Crippen molar-refractivity contribution in [3.05, 3.63) is 12.3 Å². The topological polar surface area (TPSA) is 9.23 Å². The molecule has 0 spiro atoms. The Bertz CT molecular complexity index is 252. The summed E-state index contributed by atoms with van der Waals surface area (Å²) in [6, 6.07) is 0. The van der Waals surface area contributed by atoms with Gasteiger partial charge in [0, 0.05) is 5.41 Å². The van der Waals surface area contributed by atoms with Crippen LogP contribution in [-0.4, -0.2) is 6.10 Å². The van der Waals surface area contributed by atoms with Crippen molar-refractivity contribution in [2.45, 2.75) is 118 Å². The summed E-state index contributed by atoms with van der Waals surface area (Å²) in [5.41, 5.74) is 0.363. The molecule has 0 aromatic rings. The summed E-state index contributed by atoms with van der Waals surface area (Å²) in [6.45, 7) is 15.3. The van der Waals surface area contributed by atoms with E-state index in [-0.39, 0.29) is 0 Å². The lowest BCUT2D eigenvalue weighted by molar-refractivity contribution is -0.0280. The van der Waals surface area contributed by atoms with Crippen LogP contribution in [0.25, 0.3) is 0 Å². The molecule has 0 aromatic heterocycles. The van der Waals surface area contributed by atoms with E-state index in [0.29, 0.717) is 11.5 Å². The third-order valence-corrected chi connectivity index (χ3v) is 4.84. The minimum absolute atomic E-state index is 0.363. The Morgan fingerprint density at radius 3 is 1.73 bits per heavy atom. The minimum Gasteiger partial charge on any atom is -0.495 e. The third kappa shape index (κ3) is 8.25. The van der Waals surface area contributed by atoms with Crippen molar-refractivity contribution in [2.75, 3.05) is 0 Å². The minimum atomic E-state index is 0.363. The number of unbranched alkanes of at least 4 members (excludes halogenated alkanes) is 4. The van der Waals surface area contributed by atoms with Gasteiger partial charge in [-0.2, -0.15) is 0 Å². The molecule has 0 saturated carbocycles. The molecule has 1 atom stereocenters. The molecule has 0 heterocycles. The average molecular weight is 311 g/mol. The molecule has 0 aliphatic heterocycles. The second-order valence-corrected chi connectivity index (χ2v) is 7.12. The van der Waals surface area contributed by atoms with Gasteiger partial charge in [0.05, 0.1) is 5.76 Å². The molecule has 1 nitrogen and oxygen atoms in total. The quantitative estimate of drug-likeness (QED) is 0.223. The van der Waals surface area contributed by atoms with Gasteiger partial charge in [-0.25, -0.2) is 0 Å². The van der Waals surface area contributed by atoms with Crippen LogP contribution in [0.2, 0.25) is 0 Å². The lowest BCUT2D eigenvalue weighted by atomic mass is 9.70. The molecule has 0 aromatic carbocycles. The van der Waals surface area contributed by atoms with Gasteiger partial charge >= 0.3 is 0 Å². The van der Waals surface area contributed by atoms with Crippen molar-refractivity contribution in [1.82, 2.24) is 0 Å². The molecule has 0 aliphatic rings. The Hall–Kier alpha value is -0.460. The number of hydrogen-bond donors (Lipinski definition) is 0. The first-order valence-corrected chi connectivity index (χ1v) is 9.88. The maximum absolute atomic E-state index is 6.29. The van der Waals surface area contributed by atoms with Crippen LogP contribution in [0.5, 0.6) is 0 Å². The van der Waals surface area contributed by atoms with Crippen LogP contribution in [0.15, 0.2) is 12.3 Å². The Labute approximate surface area is 140 Å². The largest absolute Gasteiger partial charge is 0.495 e. The summed E-state index contributed by atoms with van der Waals surface area (Å²) < 4.78 is 6.29. The zero-order chi connectivity index (χ0) is 16.8. The smallest absolute Gasteiger partial charge is 0.104 e. The number of rotatable bonds is 15. The zero-order valence-corrected chi connectivity index (χ0v) is 16.2. The maximum atomic E-state index is 6.29. The molecule has 1 unspecified atom stereocenters. The lowest BCUT2D eigenvalue weighted by Gasteiger charge is -2.41. The Morgan fingerprint density at radius 1 is 0.818 bits per heavy atom. The van der Waals surface area contributed by atoms with E-state index in [1.807, 2.05) is 6.92 Å². The van der Waals surface area contributed by atoms with E-state index in [1.165, 1.54) is 77.0 Å². The monoisotopic (exact) mass is 310 g/mol. The van der Waals surface area contributed by atoms with Gasteiger partial charge in [0.15, 0.2) is 0 Å². The SMILES string of the molecule is C=C(C)OC(CCCCCCC)C(CCC)(CCC)CCC. The van der Waals surface area contributed by atoms with Crippen LogP contribution in [-0.2, 0) is 4.74 Å². The summed E-state index contributed by atoms with van der Waals surface area (Å²) in [5, 5.41) is 0. The summed E-state index contributed by atoms with van der Waals surface area (Å²) in [4.78, 5) is 0. The summed E-state index contributed by atoms with van der Waals surface area (Å²) in [6.07, 6.45) is 15.9. The van der Waals surface area contributed by atoms with E-state index in [2.05, 4.69) is 34.3 Å². The van der Waals surface area contributed by atoms with Crippen molar-refractivity contribution in [3.63, 3.8) is 0 Å². The molecule has 0 N–H and O–H groups in total. The molecule has 0 fully saturated rings. The molecule has 0 radical (unpaired) electrons. The predicted octanol–water partition coefficient (Wildman–Crippen LogP) is 7.65. The van der Waals surface area contributed by atoms with Gasteiger partial charge in [-0.15, -0.1) is 0 Å². The van der Waals surface area contributed by atoms with Crippen LogP contribution in [0.1, 0.15) is 112 Å².